The van der Waals surface area contributed by atoms with Crippen LogP contribution in [0.1, 0.15) is 15.2 Å². The fraction of sp³-hybridized carbons (Fsp3) is 0.208. The lowest BCUT2D eigenvalue weighted by molar-refractivity contribution is 0.0751. The maximum atomic E-state index is 13.0. The van der Waals surface area contributed by atoms with Crippen LogP contribution >= 0.6 is 22.9 Å². The molecule has 8 heteroatoms. The number of anilines is 1. The lowest BCUT2D eigenvalue weighted by Gasteiger charge is -2.36. The maximum Gasteiger partial charge on any atom is 0.264 e. The number of aryl methyl sites for hydroxylation is 1. The first-order valence-corrected chi connectivity index (χ1v) is 11.6. The fourth-order valence-electron chi connectivity index (χ4n) is 3.69. The van der Waals surface area contributed by atoms with Gasteiger partial charge in [0.25, 0.3) is 11.8 Å². The predicted molar refractivity (Wildman–Crippen MR) is 127 cm³/mol. The third-order valence-corrected chi connectivity index (χ3v) is 6.84. The molecule has 5 rings (SSSR count). The van der Waals surface area contributed by atoms with Crippen molar-refractivity contribution in [2.45, 2.75) is 6.92 Å². The second kappa shape index (κ2) is 8.76. The van der Waals surface area contributed by atoms with Crippen LogP contribution in [0.15, 0.2) is 65.2 Å². The van der Waals surface area contributed by atoms with Gasteiger partial charge < -0.3 is 14.3 Å². The van der Waals surface area contributed by atoms with Crippen molar-refractivity contribution >= 4 is 34.5 Å². The van der Waals surface area contributed by atoms with E-state index in [0.717, 1.165) is 34.2 Å². The Morgan fingerprint density at radius 3 is 2.41 bits per heavy atom. The van der Waals surface area contributed by atoms with Crippen LogP contribution in [0.4, 0.5) is 5.69 Å². The van der Waals surface area contributed by atoms with Gasteiger partial charge >= 0.3 is 0 Å². The quantitative estimate of drug-likeness (QED) is 0.405. The molecule has 1 saturated heterocycles. The highest BCUT2D eigenvalue weighted by molar-refractivity contribution is 7.17. The zero-order valence-electron chi connectivity index (χ0n) is 17.5. The number of nitrogens with zero attached hydrogens (tertiary/aromatic N) is 4. The average molecular weight is 465 g/mol. The van der Waals surface area contributed by atoms with Crippen LogP contribution in [-0.2, 0) is 0 Å². The number of piperazine rings is 1. The van der Waals surface area contributed by atoms with Gasteiger partial charge in [-0.3, -0.25) is 4.79 Å². The Bertz CT molecular complexity index is 1230. The summed E-state index contributed by atoms with van der Waals surface area (Å²) in [6, 6.07) is 19.5. The standard InChI is InChI=1S/C24H21ClN4O2S/c1-16-2-4-17(5-3-16)23-26-22(27-31-23)20-10-11-21(32-20)24(30)29-14-12-28(13-15-29)19-8-6-18(25)7-9-19/h2-11H,12-15H2,1H3. The number of halogens is 1. The van der Waals surface area contributed by atoms with Gasteiger partial charge in [0.05, 0.1) is 9.75 Å². The van der Waals surface area contributed by atoms with Gasteiger partial charge in [0.15, 0.2) is 0 Å². The van der Waals surface area contributed by atoms with Crippen LogP contribution in [0.5, 0.6) is 0 Å². The first-order chi connectivity index (χ1) is 15.6. The molecule has 1 fully saturated rings. The highest BCUT2D eigenvalue weighted by atomic mass is 35.5. The van der Waals surface area contributed by atoms with Crippen molar-refractivity contribution in [3.8, 4) is 22.2 Å². The summed E-state index contributed by atoms with van der Waals surface area (Å²) in [7, 11) is 0. The van der Waals surface area contributed by atoms with Crippen LogP contribution in [0.25, 0.3) is 22.2 Å². The first kappa shape index (κ1) is 20.7. The summed E-state index contributed by atoms with van der Waals surface area (Å²) in [5.74, 6) is 1.01. The minimum absolute atomic E-state index is 0.0410. The molecule has 3 heterocycles. The number of carbonyl (C=O) groups is 1. The summed E-state index contributed by atoms with van der Waals surface area (Å²) >= 11 is 7.38. The Labute approximate surface area is 195 Å². The third-order valence-electron chi connectivity index (χ3n) is 5.52. The number of carbonyl (C=O) groups excluding carboxylic acids is 1. The van der Waals surface area contributed by atoms with E-state index >= 15 is 0 Å². The van der Waals surface area contributed by atoms with E-state index in [1.54, 1.807) is 0 Å². The van der Waals surface area contributed by atoms with E-state index in [9.17, 15) is 4.79 Å². The average Bonchev–Trinajstić information content (AvgIpc) is 3.50. The fourth-order valence-corrected chi connectivity index (χ4v) is 4.71. The molecule has 1 amide bonds. The highest BCUT2D eigenvalue weighted by Gasteiger charge is 2.24. The van der Waals surface area contributed by atoms with E-state index in [1.807, 2.05) is 72.5 Å². The molecule has 2 aromatic carbocycles. The number of rotatable bonds is 4. The van der Waals surface area contributed by atoms with Gasteiger partial charge in [-0.2, -0.15) is 4.98 Å². The van der Waals surface area contributed by atoms with Crippen LogP contribution < -0.4 is 4.90 Å². The third kappa shape index (κ3) is 4.26. The van der Waals surface area contributed by atoms with E-state index in [0.29, 0.717) is 29.7 Å². The van der Waals surface area contributed by atoms with E-state index in [-0.39, 0.29) is 5.91 Å². The summed E-state index contributed by atoms with van der Waals surface area (Å²) in [4.78, 5) is 23.2. The van der Waals surface area contributed by atoms with Crippen molar-refractivity contribution in [3.63, 3.8) is 0 Å². The van der Waals surface area contributed by atoms with Gasteiger partial charge in [-0.15, -0.1) is 11.3 Å². The van der Waals surface area contributed by atoms with E-state index in [1.165, 1.54) is 16.9 Å². The van der Waals surface area contributed by atoms with Gasteiger partial charge in [0.1, 0.15) is 0 Å². The molecule has 0 bridgehead atoms. The number of hydrogen-bond acceptors (Lipinski definition) is 6. The summed E-state index contributed by atoms with van der Waals surface area (Å²) in [5, 5.41) is 4.83. The molecule has 162 valence electrons. The minimum atomic E-state index is 0.0410. The molecule has 0 atom stereocenters. The van der Waals surface area contributed by atoms with Gasteiger partial charge in [-0.05, 0) is 55.5 Å². The molecule has 0 spiro atoms. The van der Waals surface area contributed by atoms with Gasteiger partial charge in [0.2, 0.25) is 5.82 Å². The van der Waals surface area contributed by atoms with Gasteiger partial charge in [0, 0.05) is 42.5 Å². The largest absolute Gasteiger partial charge is 0.368 e. The summed E-state index contributed by atoms with van der Waals surface area (Å²) in [5.41, 5.74) is 3.17. The number of amides is 1. The lowest BCUT2D eigenvalue weighted by atomic mass is 10.1. The molecule has 1 aliphatic heterocycles. The predicted octanol–water partition coefficient (Wildman–Crippen LogP) is 5.39. The van der Waals surface area contributed by atoms with Crippen LogP contribution in [0.3, 0.4) is 0 Å². The van der Waals surface area contributed by atoms with Crippen molar-refractivity contribution < 1.29 is 9.32 Å². The Morgan fingerprint density at radius 1 is 0.969 bits per heavy atom. The SMILES string of the molecule is Cc1ccc(-c2nc(-c3ccc(C(=O)N4CCN(c5ccc(Cl)cc5)CC4)s3)no2)cc1. The Hall–Kier alpha value is -3.16. The van der Waals surface area contributed by atoms with E-state index in [4.69, 9.17) is 16.1 Å². The van der Waals surface area contributed by atoms with Crippen molar-refractivity contribution in [2.75, 3.05) is 31.1 Å². The molecule has 0 N–H and O–H groups in total. The molecular formula is C24H21ClN4O2S. The highest BCUT2D eigenvalue weighted by Crippen LogP contribution is 2.29. The smallest absolute Gasteiger partial charge is 0.264 e. The maximum absolute atomic E-state index is 13.0. The Morgan fingerprint density at radius 2 is 1.69 bits per heavy atom. The van der Waals surface area contributed by atoms with E-state index < -0.39 is 0 Å². The topological polar surface area (TPSA) is 62.5 Å². The second-order valence-corrected chi connectivity index (χ2v) is 9.23. The molecule has 0 unspecified atom stereocenters. The van der Waals surface area contributed by atoms with Gasteiger partial charge in [-0.25, -0.2) is 0 Å². The molecule has 2 aromatic heterocycles. The normalized spacial score (nSPS) is 14.1. The monoisotopic (exact) mass is 464 g/mol. The van der Waals surface area contributed by atoms with Crippen LogP contribution in [0, 0.1) is 6.92 Å². The van der Waals surface area contributed by atoms with Crippen molar-refractivity contribution in [3.05, 3.63) is 76.1 Å². The second-order valence-electron chi connectivity index (χ2n) is 7.71. The molecular weight excluding hydrogens is 444 g/mol. The van der Waals surface area contributed by atoms with E-state index in [2.05, 4.69) is 15.0 Å². The molecule has 0 saturated carbocycles. The number of thiophene rings is 1. The van der Waals surface area contributed by atoms with Crippen LogP contribution in [0.2, 0.25) is 5.02 Å². The van der Waals surface area contributed by atoms with Crippen molar-refractivity contribution in [1.82, 2.24) is 15.0 Å². The lowest BCUT2D eigenvalue weighted by Crippen LogP contribution is -2.48. The molecule has 0 aliphatic carbocycles. The van der Waals surface area contributed by atoms with Crippen molar-refractivity contribution in [1.29, 1.82) is 0 Å². The number of benzene rings is 2. The minimum Gasteiger partial charge on any atom is -0.368 e. The number of aromatic nitrogens is 2. The van der Waals surface area contributed by atoms with Gasteiger partial charge in [-0.1, -0.05) is 34.5 Å². The summed E-state index contributed by atoms with van der Waals surface area (Å²) in [6.45, 7) is 4.96. The number of hydrogen-bond donors (Lipinski definition) is 0. The Balaban J connectivity index is 1.24. The zero-order valence-corrected chi connectivity index (χ0v) is 19.1. The molecule has 0 radical (unpaired) electrons. The Kier molecular flexibility index (Phi) is 5.68. The summed E-state index contributed by atoms with van der Waals surface area (Å²) < 4.78 is 5.43. The summed E-state index contributed by atoms with van der Waals surface area (Å²) in [6.07, 6.45) is 0. The zero-order chi connectivity index (χ0) is 22.1. The first-order valence-electron chi connectivity index (χ1n) is 10.4. The van der Waals surface area contributed by atoms with Crippen LogP contribution in [-0.4, -0.2) is 47.1 Å². The van der Waals surface area contributed by atoms with Crippen molar-refractivity contribution in [2.24, 2.45) is 0 Å². The molecule has 6 nitrogen and oxygen atoms in total. The molecule has 32 heavy (non-hydrogen) atoms. The molecule has 4 aromatic rings. The molecule has 1 aliphatic rings.